The smallest absolute Gasteiger partial charge is 0.130 e. The molecule has 0 bridgehead atoms. The highest BCUT2D eigenvalue weighted by Gasteiger charge is 2.16. The molecular formula is C14H10BrF3O. The van der Waals surface area contributed by atoms with Crippen molar-refractivity contribution in [1.29, 1.82) is 0 Å². The Morgan fingerprint density at radius 2 is 1.74 bits per heavy atom. The lowest BCUT2D eigenvalue weighted by molar-refractivity contribution is 0.172. The van der Waals surface area contributed by atoms with E-state index < -0.39 is 23.6 Å². The Hall–Kier alpha value is -1.33. The highest BCUT2D eigenvalue weighted by atomic mass is 79.9. The summed E-state index contributed by atoms with van der Waals surface area (Å²) >= 11 is 3.11. The first-order chi connectivity index (χ1) is 8.97. The molecule has 1 atom stereocenters. The van der Waals surface area contributed by atoms with Crippen LogP contribution in [0.2, 0.25) is 0 Å². The molecule has 1 N–H and O–H groups in total. The molecule has 0 aliphatic carbocycles. The molecule has 1 unspecified atom stereocenters. The zero-order valence-electron chi connectivity index (χ0n) is 9.71. The van der Waals surface area contributed by atoms with Crippen LogP contribution in [0.25, 0.3) is 0 Å². The van der Waals surface area contributed by atoms with Crippen molar-refractivity contribution in [2.45, 2.75) is 12.5 Å². The summed E-state index contributed by atoms with van der Waals surface area (Å²) in [5, 5.41) is 9.92. The number of rotatable bonds is 3. The second-order valence-corrected chi connectivity index (χ2v) is 5.04. The Morgan fingerprint density at radius 1 is 1.00 bits per heavy atom. The largest absolute Gasteiger partial charge is 0.388 e. The van der Waals surface area contributed by atoms with Gasteiger partial charge in [-0.3, -0.25) is 0 Å². The second kappa shape index (κ2) is 5.75. The molecule has 0 fully saturated rings. The van der Waals surface area contributed by atoms with Crippen LogP contribution in [-0.4, -0.2) is 5.11 Å². The third kappa shape index (κ3) is 3.36. The van der Waals surface area contributed by atoms with Crippen molar-refractivity contribution in [2.24, 2.45) is 0 Å². The van der Waals surface area contributed by atoms with Gasteiger partial charge in [-0.2, -0.15) is 0 Å². The number of aliphatic hydroxyl groups excluding tert-OH is 1. The quantitative estimate of drug-likeness (QED) is 0.896. The fourth-order valence-corrected chi connectivity index (χ4v) is 2.11. The molecule has 19 heavy (non-hydrogen) atoms. The molecule has 2 aromatic rings. The number of hydrogen-bond acceptors (Lipinski definition) is 1. The molecule has 0 saturated carbocycles. The van der Waals surface area contributed by atoms with Gasteiger partial charge in [-0.15, -0.1) is 0 Å². The van der Waals surface area contributed by atoms with Gasteiger partial charge in [-0.25, -0.2) is 13.2 Å². The fourth-order valence-electron chi connectivity index (χ4n) is 1.78. The minimum Gasteiger partial charge on any atom is -0.388 e. The maximum Gasteiger partial charge on any atom is 0.130 e. The van der Waals surface area contributed by atoms with E-state index in [0.717, 1.165) is 12.1 Å². The van der Waals surface area contributed by atoms with Crippen molar-refractivity contribution in [3.63, 3.8) is 0 Å². The van der Waals surface area contributed by atoms with Gasteiger partial charge in [0, 0.05) is 22.5 Å². The number of hydrogen-bond donors (Lipinski definition) is 1. The standard InChI is InChI=1S/C14H10BrF3O/c15-9-2-4-11(13(18)6-9)14(19)5-8-1-3-10(16)7-12(8)17/h1-4,6-7,14,19H,5H2. The van der Waals surface area contributed by atoms with E-state index in [1.807, 2.05) is 0 Å². The summed E-state index contributed by atoms with van der Waals surface area (Å²) in [7, 11) is 0. The molecule has 100 valence electrons. The van der Waals surface area contributed by atoms with Crippen molar-refractivity contribution in [3.05, 3.63) is 69.4 Å². The lowest BCUT2D eigenvalue weighted by atomic mass is 10.0. The molecule has 0 aliphatic heterocycles. The van der Waals surface area contributed by atoms with Crippen LogP contribution in [0.15, 0.2) is 40.9 Å². The number of halogens is 4. The zero-order chi connectivity index (χ0) is 14.0. The van der Waals surface area contributed by atoms with Crippen LogP contribution in [0, 0.1) is 17.5 Å². The molecule has 0 saturated heterocycles. The summed E-state index contributed by atoms with van der Waals surface area (Å²) in [6.45, 7) is 0. The Balaban J connectivity index is 2.23. The minimum atomic E-state index is -1.19. The van der Waals surface area contributed by atoms with E-state index >= 15 is 0 Å². The Kier molecular flexibility index (Phi) is 4.27. The average molecular weight is 331 g/mol. The van der Waals surface area contributed by atoms with Crippen LogP contribution >= 0.6 is 15.9 Å². The lowest BCUT2D eigenvalue weighted by Crippen LogP contribution is -2.06. The maximum absolute atomic E-state index is 13.6. The molecule has 0 aliphatic rings. The van der Waals surface area contributed by atoms with Crippen LogP contribution < -0.4 is 0 Å². The van der Waals surface area contributed by atoms with Gasteiger partial charge in [-0.1, -0.05) is 28.1 Å². The van der Waals surface area contributed by atoms with Gasteiger partial charge in [0.1, 0.15) is 17.5 Å². The van der Waals surface area contributed by atoms with Gasteiger partial charge in [0.2, 0.25) is 0 Å². The summed E-state index contributed by atoms with van der Waals surface area (Å²) < 4.78 is 40.4. The molecular weight excluding hydrogens is 321 g/mol. The van der Waals surface area contributed by atoms with Gasteiger partial charge >= 0.3 is 0 Å². The summed E-state index contributed by atoms with van der Waals surface area (Å²) in [5.74, 6) is -2.02. The van der Waals surface area contributed by atoms with Crippen molar-refractivity contribution in [3.8, 4) is 0 Å². The maximum atomic E-state index is 13.6. The summed E-state index contributed by atoms with van der Waals surface area (Å²) in [6, 6.07) is 7.31. The van der Waals surface area contributed by atoms with Crippen LogP contribution in [0.1, 0.15) is 17.2 Å². The van der Waals surface area contributed by atoms with Gasteiger partial charge < -0.3 is 5.11 Å². The van der Waals surface area contributed by atoms with E-state index in [1.165, 1.54) is 18.2 Å². The zero-order valence-corrected chi connectivity index (χ0v) is 11.3. The monoisotopic (exact) mass is 330 g/mol. The molecule has 0 spiro atoms. The number of aliphatic hydroxyl groups is 1. The van der Waals surface area contributed by atoms with Gasteiger partial charge in [-0.05, 0) is 23.8 Å². The van der Waals surface area contributed by atoms with Crippen molar-refractivity contribution >= 4 is 15.9 Å². The summed E-state index contributed by atoms with van der Waals surface area (Å²) in [4.78, 5) is 0. The number of benzene rings is 2. The van der Waals surface area contributed by atoms with Crippen molar-refractivity contribution < 1.29 is 18.3 Å². The second-order valence-electron chi connectivity index (χ2n) is 4.12. The molecule has 0 amide bonds. The van der Waals surface area contributed by atoms with E-state index in [9.17, 15) is 18.3 Å². The van der Waals surface area contributed by atoms with E-state index in [-0.39, 0.29) is 17.5 Å². The topological polar surface area (TPSA) is 20.2 Å². The third-order valence-corrected chi connectivity index (χ3v) is 3.24. The van der Waals surface area contributed by atoms with Gasteiger partial charge in [0.05, 0.1) is 6.10 Å². The predicted molar refractivity (Wildman–Crippen MR) is 69.1 cm³/mol. The van der Waals surface area contributed by atoms with Crippen LogP contribution in [0.3, 0.4) is 0 Å². The first kappa shape index (κ1) is 14.1. The normalized spacial score (nSPS) is 12.5. The van der Waals surface area contributed by atoms with Crippen LogP contribution in [-0.2, 0) is 6.42 Å². The molecule has 5 heteroatoms. The third-order valence-electron chi connectivity index (χ3n) is 2.75. The van der Waals surface area contributed by atoms with E-state index in [1.54, 1.807) is 6.07 Å². The molecule has 0 aromatic heterocycles. The van der Waals surface area contributed by atoms with E-state index in [0.29, 0.717) is 4.47 Å². The molecule has 2 rings (SSSR count). The summed E-state index contributed by atoms with van der Waals surface area (Å²) in [5.41, 5.74) is 0.211. The van der Waals surface area contributed by atoms with Crippen molar-refractivity contribution in [2.75, 3.05) is 0 Å². The minimum absolute atomic E-state index is 0.0759. The lowest BCUT2D eigenvalue weighted by Gasteiger charge is -2.13. The Morgan fingerprint density at radius 3 is 2.37 bits per heavy atom. The van der Waals surface area contributed by atoms with E-state index in [4.69, 9.17) is 0 Å². The molecule has 1 nitrogen and oxygen atoms in total. The molecule has 0 heterocycles. The first-order valence-corrected chi connectivity index (χ1v) is 6.33. The van der Waals surface area contributed by atoms with Gasteiger partial charge in [0.25, 0.3) is 0 Å². The summed E-state index contributed by atoms with van der Waals surface area (Å²) in [6.07, 6.45) is -1.31. The SMILES string of the molecule is OC(Cc1ccc(F)cc1F)c1ccc(Br)cc1F. The Labute approximate surface area is 116 Å². The fraction of sp³-hybridized carbons (Fsp3) is 0.143. The molecule has 0 radical (unpaired) electrons. The van der Waals surface area contributed by atoms with E-state index in [2.05, 4.69) is 15.9 Å². The highest BCUT2D eigenvalue weighted by molar-refractivity contribution is 9.10. The van der Waals surface area contributed by atoms with Crippen LogP contribution in [0.5, 0.6) is 0 Å². The Bertz CT molecular complexity index is 601. The first-order valence-electron chi connectivity index (χ1n) is 5.54. The highest BCUT2D eigenvalue weighted by Crippen LogP contribution is 2.25. The van der Waals surface area contributed by atoms with Gasteiger partial charge in [0.15, 0.2) is 0 Å². The molecule has 2 aromatic carbocycles. The predicted octanol–water partition coefficient (Wildman–Crippen LogP) is 4.14. The average Bonchev–Trinajstić information content (AvgIpc) is 2.32. The van der Waals surface area contributed by atoms with Crippen LogP contribution in [0.4, 0.5) is 13.2 Å². The van der Waals surface area contributed by atoms with Crippen molar-refractivity contribution in [1.82, 2.24) is 0 Å².